The summed E-state index contributed by atoms with van der Waals surface area (Å²) < 4.78 is 28.4. The van der Waals surface area contributed by atoms with Gasteiger partial charge >= 0.3 is 0 Å². The van der Waals surface area contributed by atoms with Gasteiger partial charge in [-0.05, 0) is 67.3 Å². The van der Waals surface area contributed by atoms with Crippen molar-refractivity contribution in [3.63, 3.8) is 0 Å². The normalized spacial score (nSPS) is 13.9. The fraction of sp³-hybridized carbons (Fsp3) is 0.240. The first kappa shape index (κ1) is 21.1. The van der Waals surface area contributed by atoms with Crippen molar-refractivity contribution in [3.8, 4) is 0 Å². The zero-order valence-corrected chi connectivity index (χ0v) is 18.4. The number of hydrogen-bond donors (Lipinski definition) is 0. The average molecular weight is 435 g/mol. The van der Waals surface area contributed by atoms with Gasteiger partial charge in [-0.25, -0.2) is 8.42 Å². The second-order valence-electron chi connectivity index (χ2n) is 7.86. The maximum Gasteiger partial charge on any atom is 0.264 e. The van der Waals surface area contributed by atoms with Crippen LogP contribution in [0.3, 0.4) is 0 Å². The van der Waals surface area contributed by atoms with Crippen molar-refractivity contribution in [2.75, 3.05) is 17.4 Å². The lowest BCUT2D eigenvalue weighted by Crippen LogP contribution is -2.30. The van der Waals surface area contributed by atoms with Crippen molar-refractivity contribution < 1.29 is 13.2 Å². The Balaban J connectivity index is 1.63. The predicted molar refractivity (Wildman–Crippen MR) is 123 cm³/mol. The van der Waals surface area contributed by atoms with Crippen LogP contribution in [-0.2, 0) is 16.6 Å². The van der Waals surface area contributed by atoms with Crippen molar-refractivity contribution in [1.82, 2.24) is 4.90 Å². The number of sulfonamides is 1. The van der Waals surface area contributed by atoms with Crippen LogP contribution in [0.4, 0.5) is 5.69 Å². The van der Waals surface area contributed by atoms with E-state index in [4.69, 9.17) is 0 Å². The highest BCUT2D eigenvalue weighted by Gasteiger charge is 2.25. The molecule has 6 heteroatoms. The fourth-order valence-electron chi connectivity index (χ4n) is 3.83. The van der Waals surface area contributed by atoms with Gasteiger partial charge in [-0.2, -0.15) is 0 Å². The minimum atomic E-state index is -3.76. The minimum Gasteiger partial charge on any atom is -0.339 e. The lowest BCUT2D eigenvalue weighted by molar-refractivity contribution is 0.0793. The van der Waals surface area contributed by atoms with Crippen molar-refractivity contribution in [2.24, 2.45) is 0 Å². The summed E-state index contributed by atoms with van der Waals surface area (Å²) in [6.07, 6.45) is 2.10. The van der Waals surface area contributed by atoms with Crippen LogP contribution in [0.25, 0.3) is 0 Å². The number of nitrogens with zero attached hydrogens (tertiary/aromatic N) is 2. The van der Waals surface area contributed by atoms with Crippen molar-refractivity contribution >= 4 is 21.6 Å². The first-order valence-corrected chi connectivity index (χ1v) is 11.9. The number of rotatable bonds is 6. The van der Waals surface area contributed by atoms with E-state index in [1.165, 1.54) is 4.31 Å². The Morgan fingerprint density at radius 1 is 0.903 bits per heavy atom. The summed E-state index contributed by atoms with van der Waals surface area (Å²) in [4.78, 5) is 14.7. The van der Waals surface area contributed by atoms with E-state index < -0.39 is 10.0 Å². The van der Waals surface area contributed by atoms with Crippen LogP contribution in [0.5, 0.6) is 0 Å². The summed E-state index contributed by atoms with van der Waals surface area (Å²) in [6, 6.07) is 23.3. The lowest BCUT2D eigenvalue weighted by atomic mass is 10.1. The molecule has 3 aromatic carbocycles. The highest BCUT2D eigenvalue weighted by Crippen LogP contribution is 2.26. The summed E-state index contributed by atoms with van der Waals surface area (Å²) in [7, 11) is -3.76. The van der Waals surface area contributed by atoms with Crippen molar-refractivity contribution in [1.29, 1.82) is 0 Å². The Kier molecular flexibility index (Phi) is 6.09. The first-order chi connectivity index (χ1) is 14.9. The van der Waals surface area contributed by atoms with Crippen LogP contribution in [-0.4, -0.2) is 32.3 Å². The zero-order valence-electron chi connectivity index (χ0n) is 17.6. The van der Waals surface area contributed by atoms with Crippen molar-refractivity contribution in [2.45, 2.75) is 31.2 Å². The molecule has 4 rings (SSSR count). The molecular weight excluding hydrogens is 408 g/mol. The van der Waals surface area contributed by atoms with E-state index >= 15 is 0 Å². The van der Waals surface area contributed by atoms with Gasteiger partial charge in [0.1, 0.15) is 0 Å². The molecule has 0 aromatic heterocycles. The van der Waals surface area contributed by atoms with E-state index in [-0.39, 0.29) is 17.3 Å². The molecule has 0 unspecified atom stereocenters. The second-order valence-corrected chi connectivity index (χ2v) is 9.72. The third kappa shape index (κ3) is 4.64. The molecule has 0 aliphatic carbocycles. The Morgan fingerprint density at radius 3 is 2.23 bits per heavy atom. The average Bonchev–Trinajstić information content (AvgIpc) is 3.33. The van der Waals surface area contributed by atoms with Gasteiger partial charge < -0.3 is 4.90 Å². The maximum atomic E-state index is 13.5. The van der Waals surface area contributed by atoms with E-state index in [0.29, 0.717) is 11.3 Å². The number of benzene rings is 3. The number of carbonyl (C=O) groups excluding carboxylic acids is 1. The summed E-state index contributed by atoms with van der Waals surface area (Å²) >= 11 is 0. The molecule has 0 N–H and O–H groups in total. The van der Waals surface area contributed by atoms with Crippen LogP contribution < -0.4 is 4.31 Å². The van der Waals surface area contributed by atoms with E-state index in [0.717, 1.165) is 37.1 Å². The lowest BCUT2D eigenvalue weighted by Gasteiger charge is -2.25. The highest BCUT2D eigenvalue weighted by atomic mass is 32.2. The van der Waals surface area contributed by atoms with E-state index in [1.807, 2.05) is 48.2 Å². The summed E-state index contributed by atoms with van der Waals surface area (Å²) in [5.74, 6) is 0.0383. The Bertz CT molecular complexity index is 1150. The van der Waals surface area contributed by atoms with Crippen LogP contribution >= 0.6 is 0 Å². The van der Waals surface area contributed by atoms with Crippen LogP contribution in [0, 0.1) is 6.92 Å². The van der Waals surface area contributed by atoms with Gasteiger partial charge in [0.05, 0.1) is 17.1 Å². The molecule has 1 heterocycles. The van der Waals surface area contributed by atoms with Crippen LogP contribution in [0.15, 0.2) is 83.8 Å². The third-order valence-corrected chi connectivity index (χ3v) is 7.31. The molecule has 1 aliphatic rings. The fourth-order valence-corrected chi connectivity index (χ4v) is 5.39. The molecular formula is C25H26N2O3S. The number of carbonyl (C=O) groups is 1. The van der Waals surface area contributed by atoms with E-state index in [9.17, 15) is 13.2 Å². The summed E-state index contributed by atoms with van der Waals surface area (Å²) in [5, 5.41) is 0. The summed E-state index contributed by atoms with van der Waals surface area (Å²) in [6.45, 7) is 3.66. The first-order valence-electron chi connectivity index (χ1n) is 10.5. The third-order valence-electron chi connectivity index (χ3n) is 5.54. The number of amides is 1. The number of para-hydroxylation sites is 1. The molecule has 3 aromatic rings. The monoisotopic (exact) mass is 434 g/mol. The largest absolute Gasteiger partial charge is 0.339 e. The quantitative estimate of drug-likeness (QED) is 0.569. The maximum absolute atomic E-state index is 13.5. The number of aryl methyl sites for hydroxylation is 1. The van der Waals surface area contributed by atoms with E-state index in [2.05, 4.69) is 0 Å². The SMILES string of the molecule is Cc1cccc(S(=O)(=O)N(Cc2ccc(C(=O)N3CCCC3)cc2)c2ccccc2)c1. The second kappa shape index (κ2) is 8.94. The number of likely N-dealkylation sites (tertiary alicyclic amines) is 1. The molecule has 160 valence electrons. The highest BCUT2D eigenvalue weighted by molar-refractivity contribution is 7.92. The molecule has 1 amide bonds. The Morgan fingerprint density at radius 2 is 1.58 bits per heavy atom. The van der Waals surface area contributed by atoms with Gasteiger partial charge in [0, 0.05) is 18.7 Å². The summed E-state index contributed by atoms with van der Waals surface area (Å²) in [5.41, 5.74) is 2.94. The van der Waals surface area contributed by atoms with Gasteiger partial charge in [0.25, 0.3) is 15.9 Å². The van der Waals surface area contributed by atoms with E-state index in [1.54, 1.807) is 42.5 Å². The Hall–Kier alpha value is -3.12. The predicted octanol–water partition coefficient (Wildman–Crippen LogP) is 4.63. The number of anilines is 1. The molecule has 0 atom stereocenters. The minimum absolute atomic E-state index is 0.0383. The van der Waals surface area contributed by atoms with Gasteiger partial charge in [-0.3, -0.25) is 9.10 Å². The van der Waals surface area contributed by atoms with Crippen LogP contribution in [0.2, 0.25) is 0 Å². The number of hydrogen-bond acceptors (Lipinski definition) is 3. The molecule has 5 nitrogen and oxygen atoms in total. The Labute approximate surface area is 184 Å². The van der Waals surface area contributed by atoms with Crippen LogP contribution in [0.1, 0.15) is 34.3 Å². The molecule has 1 aliphatic heterocycles. The van der Waals surface area contributed by atoms with Gasteiger partial charge in [0.15, 0.2) is 0 Å². The molecule has 0 saturated carbocycles. The van der Waals surface area contributed by atoms with Gasteiger partial charge in [-0.15, -0.1) is 0 Å². The topological polar surface area (TPSA) is 57.7 Å². The zero-order chi connectivity index (χ0) is 21.8. The molecule has 0 radical (unpaired) electrons. The molecule has 1 saturated heterocycles. The standard InChI is InChI=1S/C25H26N2O3S/c1-20-8-7-11-24(18-20)31(29,30)27(23-9-3-2-4-10-23)19-21-12-14-22(15-13-21)25(28)26-16-5-6-17-26/h2-4,7-15,18H,5-6,16-17,19H2,1H3. The molecule has 0 spiro atoms. The molecule has 1 fully saturated rings. The van der Waals surface area contributed by atoms with Gasteiger partial charge in [-0.1, -0.05) is 42.5 Å². The van der Waals surface area contributed by atoms with Crippen molar-refractivity contribution in [3.05, 3.63) is 95.6 Å². The smallest absolute Gasteiger partial charge is 0.264 e. The molecule has 0 bridgehead atoms. The molecule has 31 heavy (non-hydrogen) atoms. The van der Waals surface area contributed by atoms with Gasteiger partial charge in [0.2, 0.25) is 0 Å².